The Morgan fingerprint density at radius 3 is 3.00 bits per heavy atom. The molecule has 0 radical (unpaired) electrons. The summed E-state index contributed by atoms with van der Waals surface area (Å²) in [5.74, 6) is -1.13. The van der Waals surface area contributed by atoms with Gasteiger partial charge in [0.1, 0.15) is 0 Å². The monoisotopic (exact) mass is 187 g/mol. The van der Waals surface area contributed by atoms with Gasteiger partial charge in [-0.15, -0.1) is 11.8 Å². The third kappa shape index (κ3) is 2.34. The Balaban J connectivity index is 2.59. The van der Waals surface area contributed by atoms with Crippen molar-refractivity contribution in [2.45, 2.75) is 13.3 Å². The van der Waals surface area contributed by atoms with E-state index in [2.05, 4.69) is 4.99 Å². The predicted octanol–water partition coefficient (Wildman–Crippen LogP) is 0.769. The van der Waals surface area contributed by atoms with Crippen LogP contribution < -0.4 is 0 Å². The van der Waals surface area contributed by atoms with Crippen molar-refractivity contribution in [3.05, 3.63) is 0 Å². The van der Waals surface area contributed by atoms with Gasteiger partial charge in [0.25, 0.3) is 5.91 Å². The first kappa shape index (κ1) is 9.25. The molecule has 1 aliphatic heterocycles. The maximum absolute atomic E-state index is 11.1. The number of carboxylic acids is 1. The maximum atomic E-state index is 11.1. The highest BCUT2D eigenvalue weighted by atomic mass is 32.2. The Bertz CT molecular complexity index is 249. The molecule has 12 heavy (non-hydrogen) atoms. The molecule has 0 saturated carbocycles. The van der Waals surface area contributed by atoms with E-state index in [1.165, 1.54) is 11.8 Å². The number of thioether (sulfide) groups is 1. The molecule has 0 fully saturated rings. The van der Waals surface area contributed by atoms with Gasteiger partial charge in [0.05, 0.1) is 17.4 Å². The molecule has 0 spiro atoms. The molecule has 0 bridgehead atoms. The minimum Gasteiger partial charge on any atom is -0.481 e. The first-order valence-electron chi connectivity index (χ1n) is 3.53. The summed E-state index contributed by atoms with van der Waals surface area (Å²) < 4.78 is 0. The lowest BCUT2D eigenvalue weighted by molar-refractivity contribution is -0.140. The minimum absolute atomic E-state index is 0.109. The lowest BCUT2D eigenvalue weighted by Crippen LogP contribution is -2.23. The first-order chi connectivity index (χ1) is 5.59. The van der Waals surface area contributed by atoms with Gasteiger partial charge in [-0.2, -0.15) is 0 Å². The molecule has 1 amide bonds. The summed E-state index contributed by atoms with van der Waals surface area (Å²) in [7, 11) is 0. The fourth-order valence-electron chi connectivity index (χ4n) is 0.928. The predicted molar refractivity (Wildman–Crippen MR) is 46.3 cm³/mol. The quantitative estimate of drug-likeness (QED) is 0.693. The molecular formula is C7H9NO3S. The molecule has 1 heterocycles. The fourth-order valence-corrected chi connectivity index (χ4v) is 1.79. The van der Waals surface area contributed by atoms with Crippen LogP contribution in [-0.4, -0.2) is 27.8 Å². The summed E-state index contributed by atoms with van der Waals surface area (Å²) in [4.78, 5) is 25.1. The lowest BCUT2D eigenvalue weighted by atomic mass is 10.1. The summed E-state index contributed by atoms with van der Waals surface area (Å²) in [6.07, 6.45) is -0.109. The van der Waals surface area contributed by atoms with Crippen molar-refractivity contribution in [3.63, 3.8) is 0 Å². The van der Waals surface area contributed by atoms with Gasteiger partial charge in [0, 0.05) is 5.75 Å². The molecule has 4 nitrogen and oxygen atoms in total. The fraction of sp³-hybridized carbons (Fsp3) is 0.571. The number of carbonyl (C=O) groups excluding carboxylic acids is 1. The molecule has 0 aromatic carbocycles. The van der Waals surface area contributed by atoms with E-state index in [1.54, 1.807) is 6.92 Å². The molecule has 0 aliphatic carbocycles. The SMILES string of the molecule is CC1=NC(=O)C(CC(=O)O)CS1. The second-order valence-electron chi connectivity index (χ2n) is 2.57. The molecule has 1 aliphatic rings. The molecule has 1 N–H and O–H groups in total. The molecule has 1 rings (SSSR count). The highest BCUT2D eigenvalue weighted by Gasteiger charge is 2.25. The molecule has 0 saturated heterocycles. The van der Waals surface area contributed by atoms with Crippen LogP contribution in [0.15, 0.2) is 4.99 Å². The van der Waals surface area contributed by atoms with Crippen LogP contribution in [0.2, 0.25) is 0 Å². The largest absolute Gasteiger partial charge is 0.481 e. The average molecular weight is 187 g/mol. The molecule has 5 heteroatoms. The highest BCUT2D eigenvalue weighted by molar-refractivity contribution is 8.14. The van der Waals surface area contributed by atoms with Gasteiger partial charge in [-0.25, -0.2) is 4.99 Å². The topological polar surface area (TPSA) is 66.7 Å². The molecule has 1 atom stereocenters. The van der Waals surface area contributed by atoms with Crippen molar-refractivity contribution < 1.29 is 14.7 Å². The zero-order chi connectivity index (χ0) is 9.14. The smallest absolute Gasteiger partial charge is 0.304 e. The number of carboxylic acid groups (broad SMARTS) is 1. The summed E-state index contributed by atoms with van der Waals surface area (Å²) in [6.45, 7) is 1.75. The van der Waals surface area contributed by atoms with E-state index >= 15 is 0 Å². The summed E-state index contributed by atoms with van der Waals surface area (Å²) in [5.41, 5.74) is 0. The number of amides is 1. The third-order valence-electron chi connectivity index (χ3n) is 1.53. The number of hydrogen-bond acceptors (Lipinski definition) is 3. The zero-order valence-electron chi connectivity index (χ0n) is 6.61. The first-order valence-corrected chi connectivity index (χ1v) is 4.52. The van der Waals surface area contributed by atoms with E-state index in [1.807, 2.05) is 0 Å². The normalized spacial score (nSPS) is 23.6. The van der Waals surface area contributed by atoms with E-state index < -0.39 is 11.9 Å². The number of hydrogen-bond donors (Lipinski definition) is 1. The summed E-state index contributed by atoms with van der Waals surface area (Å²) in [5, 5.41) is 9.16. The van der Waals surface area contributed by atoms with Crippen molar-refractivity contribution in [2.24, 2.45) is 10.9 Å². The Hall–Kier alpha value is -0.840. The van der Waals surface area contributed by atoms with E-state index in [9.17, 15) is 9.59 Å². The number of aliphatic carboxylic acids is 1. The van der Waals surface area contributed by atoms with Crippen LogP contribution in [0.4, 0.5) is 0 Å². The average Bonchev–Trinajstić information content (AvgIpc) is 1.94. The van der Waals surface area contributed by atoms with Crippen molar-refractivity contribution in [2.75, 3.05) is 5.75 Å². The Morgan fingerprint density at radius 2 is 2.50 bits per heavy atom. The standard InChI is InChI=1S/C7H9NO3S/c1-4-8-7(11)5(3-12-4)2-6(9)10/h5H,2-3H2,1H3,(H,9,10). The Labute approximate surface area is 74.1 Å². The Morgan fingerprint density at radius 1 is 1.83 bits per heavy atom. The molecule has 0 aromatic rings. The van der Waals surface area contributed by atoms with E-state index in [0.717, 1.165) is 5.04 Å². The molecule has 0 aromatic heterocycles. The maximum Gasteiger partial charge on any atom is 0.304 e. The van der Waals surface area contributed by atoms with Crippen LogP contribution in [0.5, 0.6) is 0 Å². The van der Waals surface area contributed by atoms with Crippen LogP contribution >= 0.6 is 11.8 Å². The number of carbonyl (C=O) groups is 2. The van der Waals surface area contributed by atoms with Crippen LogP contribution in [0.1, 0.15) is 13.3 Å². The molecule has 1 unspecified atom stereocenters. The molecule has 66 valence electrons. The van der Waals surface area contributed by atoms with Gasteiger partial charge in [-0.05, 0) is 6.92 Å². The van der Waals surface area contributed by atoms with E-state index in [-0.39, 0.29) is 12.3 Å². The number of aliphatic imine (C=N–C) groups is 1. The van der Waals surface area contributed by atoms with Crippen LogP contribution in [-0.2, 0) is 9.59 Å². The molecular weight excluding hydrogens is 178 g/mol. The van der Waals surface area contributed by atoms with Crippen molar-refractivity contribution in [1.29, 1.82) is 0 Å². The second kappa shape index (κ2) is 3.71. The second-order valence-corrected chi connectivity index (χ2v) is 3.79. The van der Waals surface area contributed by atoms with Gasteiger partial charge < -0.3 is 5.11 Å². The number of nitrogens with zero attached hydrogens (tertiary/aromatic N) is 1. The van der Waals surface area contributed by atoms with Crippen molar-refractivity contribution in [1.82, 2.24) is 0 Å². The van der Waals surface area contributed by atoms with Gasteiger partial charge in [-0.3, -0.25) is 9.59 Å². The van der Waals surface area contributed by atoms with Gasteiger partial charge in [0.2, 0.25) is 0 Å². The Kier molecular flexibility index (Phi) is 2.86. The van der Waals surface area contributed by atoms with Crippen LogP contribution in [0.3, 0.4) is 0 Å². The van der Waals surface area contributed by atoms with Gasteiger partial charge in [-0.1, -0.05) is 0 Å². The van der Waals surface area contributed by atoms with Crippen LogP contribution in [0.25, 0.3) is 0 Å². The zero-order valence-corrected chi connectivity index (χ0v) is 7.43. The summed E-state index contributed by atoms with van der Waals surface area (Å²) in [6, 6.07) is 0. The van der Waals surface area contributed by atoms with Crippen LogP contribution in [0, 0.1) is 5.92 Å². The van der Waals surface area contributed by atoms with Gasteiger partial charge >= 0.3 is 5.97 Å². The van der Waals surface area contributed by atoms with E-state index in [4.69, 9.17) is 5.11 Å². The van der Waals surface area contributed by atoms with Gasteiger partial charge in [0.15, 0.2) is 0 Å². The number of rotatable bonds is 2. The third-order valence-corrected chi connectivity index (χ3v) is 2.61. The van der Waals surface area contributed by atoms with Crippen molar-refractivity contribution in [3.8, 4) is 0 Å². The lowest BCUT2D eigenvalue weighted by Gasteiger charge is -2.15. The van der Waals surface area contributed by atoms with Crippen molar-refractivity contribution >= 4 is 28.7 Å². The minimum atomic E-state index is -0.941. The van der Waals surface area contributed by atoms with E-state index in [0.29, 0.717) is 5.75 Å². The summed E-state index contributed by atoms with van der Waals surface area (Å²) >= 11 is 1.44. The highest BCUT2D eigenvalue weighted by Crippen LogP contribution is 2.20.